The van der Waals surface area contributed by atoms with E-state index in [2.05, 4.69) is 168 Å². The summed E-state index contributed by atoms with van der Waals surface area (Å²) < 4.78 is 0. The second kappa shape index (κ2) is 10.8. The molecule has 0 unspecified atom stereocenters. The van der Waals surface area contributed by atoms with Crippen LogP contribution < -0.4 is 26.2 Å². The maximum Gasteiger partial charge on any atom is 0.252 e. The van der Waals surface area contributed by atoms with E-state index in [1.54, 1.807) is 0 Å². The first-order valence-corrected chi connectivity index (χ1v) is 16.8. The number of anilines is 6. The van der Waals surface area contributed by atoms with E-state index < -0.39 is 0 Å². The van der Waals surface area contributed by atoms with E-state index in [0.717, 1.165) is 0 Å². The monoisotopic (exact) mass is 608 g/mol. The molecule has 0 fully saturated rings. The highest BCUT2D eigenvalue weighted by Gasteiger charge is 2.45. The first-order chi connectivity index (χ1) is 22.6. The summed E-state index contributed by atoms with van der Waals surface area (Å²) in [5.74, 6) is 0. The molecule has 6 aromatic carbocycles. The summed E-state index contributed by atoms with van der Waals surface area (Å²) in [7, 11) is 0. The van der Waals surface area contributed by atoms with Crippen molar-refractivity contribution >= 4 is 57.2 Å². The van der Waals surface area contributed by atoms with E-state index in [9.17, 15) is 0 Å². The van der Waals surface area contributed by atoms with Crippen LogP contribution in [-0.4, -0.2) is 6.71 Å². The summed E-state index contributed by atoms with van der Waals surface area (Å²) in [4.78, 5) is 5.12. The number of fused-ring (bicyclic) bond motifs is 4. The fraction of sp³-hybridized carbons (Fsp3) is 0.182. The van der Waals surface area contributed by atoms with Crippen molar-refractivity contribution in [1.29, 1.82) is 0 Å². The number of nitrogens with zero attached hydrogens (tertiary/aromatic N) is 2. The van der Waals surface area contributed by atoms with Gasteiger partial charge in [-0.15, -0.1) is 0 Å². The predicted octanol–water partition coefficient (Wildman–Crippen LogP) is 9.90. The van der Waals surface area contributed by atoms with E-state index in [4.69, 9.17) is 0 Å². The quantitative estimate of drug-likeness (QED) is 0.184. The molecule has 0 saturated carbocycles. The molecular weight excluding hydrogens is 567 g/mol. The third-order valence-electron chi connectivity index (χ3n) is 10.0. The molecule has 0 saturated heterocycles. The predicted molar refractivity (Wildman–Crippen MR) is 204 cm³/mol. The van der Waals surface area contributed by atoms with Crippen LogP contribution in [0.3, 0.4) is 0 Å². The van der Waals surface area contributed by atoms with Gasteiger partial charge in [0.25, 0.3) is 6.71 Å². The first-order valence-electron chi connectivity index (χ1n) is 16.8. The molecule has 47 heavy (non-hydrogen) atoms. The molecule has 0 spiro atoms. The summed E-state index contributed by atoms with van der Waals surface area (Å²) >= 11 is 0. The number of hydrogen-bond donors (Lipinski definition) is 0. The van der Waals surface area contributed by atoms with Crippen molar-refractivity contribution in [3.05, 3.63) is 148 Å². The minimum Gasteiger partial charge on any atom is -0.311 e. The minimum atomic E-state index is 0.111. The minimum absolute atomic E-state index is 0.111. The Morgan fingerprint density at radius 2 is 0.745 bits per heavy atom. The van der Waals surface area contributed by atoms with Gasteiger partial charge in [0, 0.05) is 34.1 Å². The molecule has 2 nitrogen and oxygen atoms in total. The molecule has 2 aliphatic heterocycles. The van der Waals surface area contributed by atoms with Crippen LogP contribution in [0, 0.1) is 55.4 Å². The highest BCUT2D eigenvalue weighted by atomic mass is 15.2. The normalized spacial score (nSPS) is 13.0. The third kappa shape index (κ3) is 4.71. The molecule has 3 heteroatoms. The highest BCUT2D eigenvalue weighted by molar-refractivity contribution is 7.01. The Morgan fingerprint density at radius 1 is 0.362 bits per heavy atom. The standard InChI is InChI=1S/C44H41BN2/c1-26-14-27(2)19-36(18-26)46-38-22-30(5)16-32(7)42(38)45-43-33(8)17-31(6)23-39(43)47(37-20-28(3)15-29(4)21-37)41-25-35(24-40(46)44(41)45)34-12-10-9-11-13-34/h9-25H,1-8H3. The number of aryl methyl sites for hydroxylation is 8. The molecule has 230 valence electrons. The van der Waals surface area contributed by atoms with Gasteiger partial charge in [-0.25, -0.2) is 0 Å². The van der Waals surface area contributed by atoms with Crippen LogP contribution in [0.25, 0.3) is 11.1 Å². The van der Waals surface area contributed by atoms with Gasteiger partial charge < -0.3 is 9.80 Å². The van der Waals surface area contributed by atoms with Crippen LogP contribution in [0.15, 0.2) is 103 Å². The molecule has 6 aromatic rings. The molecule has 0 aliphatic carbocycles. The molecule has 2 aliphatic rings. The van der Waals surface area contributed by atoms with Crippen molar-refractivity contribution in [2.24, 2.45) is 0 Å². The molecule has 0 radical (unpaired) electrons. The van der Waals surface area contributed by atoms with Crippen LogP contribution >= 0.6 is 0 Å². The Morgan fingerprint density at radius 3 is 1.17 bits per heavy atom. The maximum absolute atomic E-state index is 2.56. The summed E-state index contributed by atoms with van der Waals surface area (Å²) in [6.45, 7) is 18.1. The Hall–Kier alpha value is -5.02. The maximum atomic E-state index is 2.56. The average Bonchev–Trinajstić information content (AvgIpc) is 2.99. The van der Waals surface area contributed by atoms with E-state index in [1.165, 1.54) is 106 Å². The zero-order valence-corrected chi connectivity index (χ0v) is 28.8. The molecule has 0 atom stereocenters. The summed E-state index contributed by atoms with van der Waals surface area (Å²) in [5.41, 5.74) is 24.5. The number of benzene rings is 6. The fourth-order valence-corrected chi connectivity index (χ4v) is 8.53. The molecule has 2 heterocycles. The van der Waals surface area contributed by atoms with Gasteiger partial charge in [0.15, 0.2) is 0 Å². The van der Waals surface area contributed by atoms with Gasteiger partial charge in [-0.2, -0.15) is 0 Å². The van der Waals surface area contributed by atoms with Crippen molar-refractivity contribution in [1.82, 2.24) is 0 Å². The van der Waals surface area contributed by atoms with E-state index >= 15 is 0 Å². The highest BCUT2D eigenvalue weighted by Crippen LogP contribution is 2.47. The van der Waals surface area contributed by atoms with Crippen LogP contribution in [0.4, 0.5) is 34.1 Å². The van der Waals surface area contributed by atoms with Crippen molar-refractivity contribution in [2.45, 2.75) is 55.4 Å². The van der Waals surface area contributed by atoms with Crippen molar-refractivity contribution in [3.63, 3.8) is 0 Å². The lowest BCUT2D eigenvalue weighted by Gasteiger charge is -2.46. The van der Waals surface area contributed by atoms with Crippen molar-refractivity contribution in [3.8, 4) is 11.1 Å². The van der Waals surface area contributed by atoms with E-state index in [0.29, 0.717) is 0 Å². The van der Waals surface area contributed by atoms with Gasteiger partial charge >= 0.3 is 0 Å². The fourth-order valence-electron chi connectivity index (χ4n) is 8.53. The average molecular weight is 609 g/mol. The summed E-state index contributed by atoms with van der Waals surface area (Å²) in [6.07, 6.45) is 0. The lowest BCUT2D eigenvalue weighted by atomic mass is 9.32. The first kappa shape index (κ1) is 29.4. The Bertz CT molecular complexity index is 2070. The molecule has 0 N–H and O–H groups in total. The topological polar surface area (TPSA) is 6.48 Å². The third-order valence-corrected chi connectivity index (χ3v) is 10.0. The largest absolute Gasteiger partial charge is 0.311 e. The van der Waals surface area contributed by atoms with Gasteiger partial charge in [0.2, 0.25) is 0 Å². The molecule has 0 bridgehead atoms. The smallest absolute Gasteiger partial charge is 0.252 e. The van der Waals surface area contributed by atoms with Crippen molar-refractivity contribution in [2.75, 3.05) is 9.80 Å². The van der Waals surface area contributed by atoms with Gasteiger partial charge in [-0.3, -0.25) is 0 Å². The van der Waals surface area contributed by atoms with Crippen LogP contribution in [0.2, 0.25) is 0 Å². The summed E-state index contributed by atoms with van der Waals surface area (Å²) in [6, 6.07) is 39.3. The second-order valence-corrected chi connectivity index (χ2v) is 14.1. The van der Waals surface area contributed by atoms with E-state index in [-0.39, 0.29) is 6.71 Å². The van der Waals surface area contributed by atoms with Gasteiger partial charge in [-0.05, 0) is 165 Å². The van der Waals surface area contributed by atoms with Crippen LogP contribution in [-0.2, 0) is 0 Å². The Balaban J connectivity index is 1.57. The zero-order valence-electron chi connectivity index (χ0n) is 28.8. The van der Waals surface area contributed by atoms with Crippen molar-refractivity contribution < 1.29 is 0 Å². The lowest BCUT2D eigenvalue weighted by molar-refractivity contribution is 1.21. The van der Waals surface area contributed by atoms with Gasteiger partial charge in [-0.1, -0.05) is 65.7 Å². The van der Waals surface area contributed by atoms with Crippen LogP contribution in [0.1, 0.15) is 44.5 Å². The Kier molecular flexibility index (Phi) is 6.74. The second-order valence-electron chi connectivity index (χ2n) is 14.1. The van der Waals surface area contributed by atoms with Crippen LogP contribution in [0.5, 0.6) is 0 Å². The van der Waals surface area contributed by atoms with E-state index in [1.807, 2.05) is 0 Å². The zero-order chi connectivity index (χ0) is 32.7. The molecule has 0 aromatic heterocycles. The summed E-state index contributed by atoms with van der Waals surface area (Å²) in [5, 5.41) is 0. The lowest BCUT2D eigenvalue weighted by Crippen LogP contribution is -2.62. The molecule has 0 amide bonds. The Labute approximate surface area is 280 Å². The number of rotatable bonds is 3. The molecule has 8 rings (SSSR count). The SMILES string of the molecule is Cc1cc(C)cc(N2c3cc(C)cc(C)c3B3c4c(C)cc(C)cc4N(c4cc(C)cc(C)c4)c4cc(-c5ccccc5)cc2c43)c1. The van der Waals surface area contributed by atoms with Gasteiger partial charge in [0.1, 0.15) is 0 Å². The van der Waals surface area contributed by atoms with Gasteiger partial charge in [0.05, 0.1) is 0 Å². The molecular formula is C44H41BN2. The number of hydrogen-bond acceptors (Lipinski definition) is 2.